The van der Waals surface area contributed by atoms with E-state index in [1.165, 1.54) is 0 Å². The van der Waals surface area contributed by atoms with E-state index in [1.54, 1.807) is 0 Å². The lowest BCUT2D eigenvalue weighted by atomic mass is 9.79. The quantitative estimate of drug-likeness (QED) is 0.452. The summed E-state index contributed by atoms with van der Waals surface area (Å²) in [4.78, 5) is 27.3. The van der Waals surface area contributed by atoms with Gasteiger partial charge in [-0.15, -0.1) is 0 Å². The summed E-state index contributed by atoms with van der Waals surface area (Å²) in [5.41, 5.74) is 4.93. The number of aryl methyl sites for hydroxylation is 2. The van der Waals surface area contributed by atoms with Crippen molar-refractivity contribution in [2.75, 3.05) is 0 Å². The first-order chi connectivity index (χ1) is 15.3. The Hall–Kier alpha value is -2.75. The first kappa shape index (κ1) is 21.1. The van der Waals surface area contributed by atoms with E-state index in [0.29, 0.717) is 11.4 Å². The van der Waals surface area contributed by atoms with E-state index in [1.807, 2.05) is 87.5 Å². The second-order valence-electron chi connectivity index (χ2n) is 9.27. The molecule has 4 heteroatoms. The lowest BCUT2D eigenvalue weighted by Gasteiger charge is -2.34. The van der Waals surface area contributed by atoms with Crippen LogP contribution in [0, 0.1) is 13.8 Å². The molecule has 4 atom stereocenters. The minimum atomic E-state index is -0.957. The number of hydrogen-bond donors (Lipinski definition) is 0. The number of Topliss-reactive ketones (excluding diaryl/α,β-unsaturated/α-hetero) is 2. The van der Waals surface area contributed by atoms with Crippen molar-refractivity contribution in [3.05, 3.63) is 94.0 Å². The number of ketones is 2. The third-order valence-corrected chi connectivity index (χ3v) is 7.24. The van der Waals surface area contributed by atoms with Gasteiger partial charge in [0.25, 0.3) is 0 Å². The molecule has 0 saturated carbocycles. The second-order valence-corrected chi connectivity index (χ2v) is 9.70. The molecule has 0 amide bonds. The summed E-state index contributed by atoms with van der Waals surface area (Å²) < 4.78 is 6.11. The number of carbonyl (C=O) groups excluding carboxylic acids is 2. The van der Waals surface area contributed by atoms with Crippen molar-refractivity contribution in [2.45, 2.75) is 50.7 Å². The van der Waals surface area contributed by atoms with E-state index in [9.17, 15) is 9.59 Å². The van der Waals surface area contributed by atoms with Gasteiger partial charge in [0, 0.05) is 10.9 Å². The van der Waals surface area contributed by atoms with Gasteiger partial charge in [0.2, 0.25) is 0 Å². The van der Waals surface area contributed by atoms with E-state index in [4.69, 9.17) is 16.3 Å². The second kappa shape index (κ2) is 7.68. The smallest absolute Gasteiger partial charge is 0.179 e. The van der Waals surface area contributed by atoms with Crippen molar-refractivity contribution in [2.24, 2.45) is 0 Å². The van der Waals surface area contributed by atoms with Gasteiger partial charge in [-0.05, 0) is 73.2 Å². The van der Waals surface area contributed by atoms with Gasteiger partial charge in [0.05, 0.1) is 0 Å². The van der Waals surface area contributed by atoms with Gasteiger partial charge in [0.15, 0.2) is 11.6 Å². The summed E-state index contributed by atoms with van der Waals surface area (Å²) in [6, 6.07) is 21.7. The van der Waals surface area contributed by atoms with Crippen LogP contribution < -0.4 is 0 Å². The standard InChI is InChI=1S/C28H25ClO3/c1-16-4-7-19(8-5-16)23-15-28(3)27(31)24(25(30)26(23)32-28)22-14-20(9-6-17(22)2)18-10-12-21(29)13-11-18/h4-14,23-24,26H,15H2,1-3H3/t23-,24?,26+,28-/m1/s1. The number of benzene rings is 3. The average molecular weight is 445 g/mol. The molecular formula is C28H25ClO3. The molecule has 2 fully saturated rings. The summed E-state index contributed by atoms with van der Waals surface area (Å²) in [5, 5.41) is 0.669. The van der Waals surface area contributed by atoms with E-state index in [0.717, 1.165) is 33.4 Å². The van der Waals surface area contributed by atoms with Crippen molar-refractivity contribution < 1.29 is 14.3 Å². The zero-order chi connectivity index (χ0) is 22.6. The third-order valence-electron chi connectivity index (χ3n) is 6.98. The highest BCUT2D eigenvalue weighted by atomic mass is 35.5. The Labute approximate surface area is 193 Å². The van der Waals surface area contributed by atoms with Crippen LogP contribution in [0.5, 0.6) is 0 Å². The molecule has 0 radical (unpaired) electrons. The Morgan fingerprint density at radius 1 is 0.906 bits per heavy atom. The van der Waals surface area contributed by atoms with Crippen LogP contribution in [-0.2, 0) is 14.3 Å². The van der Waals surface area contributed by atoms with E-state index < -0.39 is 17.6 Å². The molecule has 0 aromatic heterocycles. The minimum absolute atomic E-state index is 0.109. The van der Waals surface area contributed by atoms with Gasteiger partial charge in [-0.1, -0.05) is 65.7 Å². The highest BCUT2D eigenvalue weighted by Crippen LogP contribution is 2.50. The molecule has 1 unspecified atom stereocenters. The maximum atomic E-state index is 13.7. The predicted molar refractivity (Wildman–Crippen MR) is 126 cm³/mol. The first-order valence-electron chi connectivity index (χ1n) is 11.0. The molecule has 2 bridgehead atoms. The number of rotatable bonds is 3. The van der Waals surface area contributed by atoms with Crippen LogP contribution in [0.25, 0.3) is 11.1 Å². The van der Waals surface area contributed by atoms with E-state index in [2.05, 4.69) is 0 Å². The topological polar surface area (TPSA) is 43.4 Å². The van der Waals surface area contributed by atoms with Gasteiger partial charge < -0.3 is 4.74 Å². The molecule has 162 valence electrons. The van der Waals surface area contributed by atoms with Crippen LogP contribution in [0.4, 0.5) is 0 Å². The number of fused-ring (bicyclic) bond motifs is 2. The molecule has 0 spiro atoms. The van der Waals surface area contributed by atoms with Crippen LogP contribution >= 0.6 is 11.6 Å². The molecule has 5 rings (SSSR count). The van der Waals surface area contributed by atoms with Gasteiger partial charge >= 0.3 is 0 Å². The van der Waals surface area contributed by atoms with Crippen molar-refractivity contribution >= 4 is 23.2 Å². The van der Waals surface area contributed by atoms with Crippen molar-refractivity contribution in [1.29, 1.82) is 0 Å². The molecule has 3 aromatic carbocycles. The molecular weight excluding hydrogens is 420 g/mol. The van der Waals surface area contributed by atoms with Crippen LogP contribution in [0.1, 0.15) is 47.4 Å². The normalized spacial score (nSPS) is 27.1. The molecule has 3 nitrogen and oxygen atoms in total. The number of carbonyl (C=O) groups is 2. The summed E-state index contributed by atoms with van der Waals surface area (Å²) in [6.07, 6.45) is -0.0819. The summed E-state index contributed by atoms with van der Waals surface area (Å²) in [7, 11) is 0. The van der Waals surface area contributed by atoms with E-state index in [-0.39, 0.29) is 17.5 Å². The van der Waals surface area contributed by atoms with Crippen LogP contribution in [0.15, 0.2) is 66.7 Å². The van der Waals surface area contributed by atoms with Crippen molar-refractivity contribution in [1.82, 2.24) is 0 Å². The number of ether oxygens (including phenoxy) is 1. The number of hydrogen-bond acceptors (Lipinski definition) is 3. The maximum absolute atomic E-state index is 13.7. The van der Waals surface area contributed by atoms with Crippen LogP contribution in [0.3, 0.4) is 0 Å². The fraction of sp³-hybridized carbons (Fsp3) is 0.286. The van der Waals surface area contributed by atoms with Crippen LogP contribution in [-0.4, -0.2) is 23.3 Å². The van der Waals surface area contributed by atoms with Gasteiger partial charge in [-0.25, -0.2) is 0 Å². The van der Waals surface area contributed by atoms with Crippen molar-refractivity contribution in [3.63, 3.8) is 0 Å². The molecule has 32 heavy (non-hydrogen) atoms. The lowest BCUT2D eigenvalue weighted by molar-refractivity contribution is -0.161. The molecule has 2 heterocycles. The zero-order valence-electron chi connectivity index (χ0n) is 18.4. The summed E-state index contributed by atoms with van der Waals surface area (Å²) >= 11 is 6.04. The monoisotopic (exact) mass is 444 g/mol. The number of halogens is 1. The van der Waals surface area contributed by atoms with Crippen LogP contribution in [0.2, 0.25) is 5.02 Å². The Balaban J connectivity index is 1.55. The molecule has 0 aliphatic carbocycles. The highest BCUT2D eigenvalue weighted by Gasteiger charge is 2.60. The fourth-order valence-corrected chi connectivity index (χ4v) is 5.25. The molecule has 2 aliphatic heterocycles. The lowest BCUT2D eigenvalue weighted by Crippen LogP contribution is -2.49. The predicted octanol–water partition coefficient (Wildman–Crippen LogP) is 6.19. The Morgan fingerprint density at radius 2 is 1.56 bits per heavy atom. The maximum Gasteiger partial charge on any atom is 0.179 e. The van der Waals surface area contributed by atoms with E-state index >= 15 is 0 Å². The third kappa shape index (κ3) is 3.41. The van der Waals surface area contributed by atoms with Crippen molar-refractivity contribution in [3.8, 4) is 11.1 Å². The summed E-state index contributed by atoms with van der Waals surface area (Å²) in [5.74, 6) is -1.18. The Kier molecular flexibility index (Phi) is 5.07. The first-order valence-corrected chi connectivity index (χ1v) is 11.3. The molecule has 3 aromatic rings. The molecule has 2 saturated heterocycles. The largest absolute Gasteiger partial charge is 0.356 e. The SMILES string of the molecule is Cc1ccc([C@H]2C[C@@]3(C)O[C@@H]2C(=O)C(c2cc(-c4ccc(Cl)cc4)ccc2C)C3=O)cc1. The molecule has 0 N–H and O–H groups in total. The fourth-order valence-electron chi connectivity index (χ4n) is 5.13. The van der Waals surface area contributed by atoms with Gasteiger partial charge in [-0.2, -0.15) is 0 Å². The Bertz CT molecular complexity index is 1210. The highest BCUT2D eigenvalue weighted by molar-refractivity contribution is 6.30. The average Bonchev–Trinajstić information content (AvgIpc) is 3.11. The summed E-state index contributed by atoms with van der Waals surface area (Å²) in [6.45, 7) is 5.84. The van der Waals surface area contributed by atoms with Gasteiger partial charge in [0.1, 0.15) is 17.6 Å². The molecule has 2 aliphatic rings. The van der Waals surface area contributed by atoms with Gasteiger partial charge in [-0.3, -0.25) is 9.59 Å². The minimum Gasteiger partial charge on any atom is -0.356 e. The zero-order valence-corrected chi connectivity index (χ0v) is 19.1. The Morgan fingerprint density at radius 3 is 2.25 bits per heavy atom.